The van der Waals surface area contributed by atoms with Crippen LogP contribution in [0.1, 0.15) is 28.6 Å². The van der Waals surface area contributed by atoms with Gasteiger partial charge in [0.15, 0.2) is 5.76 Å². The molecular weight excluding hydrogens is 256 g/mol. The minimum absolute atomic E-state index is 0.128. The predicted octanol–water partition coefficient (Wildman–Crippen LogP) is 3.60. The molecule has 4 heteroatoms. The topological polar surface area (TPSA) is 48.7 Å². The maximum absolute atomic E-state index is 12.3. The fraction of sp³-hybridized carbons (Fsp3) is 0.188. The molecule has 1 aliphatic heterocycles. The van der Waals surface area contributed by atoms with Crippen molar-refractivity contribution in [1.82, 2.24) is 0 Å². The summed E-state index contributed by atoms with van der Waals surface area (Å²) in [5.74, 6) is 1.97. The standard InChI is InChI=1S/C16H14O4/c1-3-18-12-7-10(2)15-13(9-12)20-14(16(15)17)8-11-5-4-6-19-11/h4-9H,3H2,1-2H3/b14-8-. The lowest BCUT2D eigenvalue weighted by Gasteiger charge is -2.06. The van der Waals surface area contributed by atoms with E-state index in [4.69, 9.17) is 13.9 Å². The van der Waals surface area contributed by atoms with Gasteiger partial charge in [0.05, 0.1) is 18.4 Å². The van der Waals surface area contributed by atoms with Crippen molar-refractivity contribution in [1.29, 1.82) is 0 Å². The quantitative estimate of drug-likeness (QED) is 0.799. The fourth-order valence-corrected chi connectivity index (χ4v) is 2.23. The van der Waals surface area contributed by atoms with Gasteiger partial charge in [0.2, 0.25) is 5.78 Å². The molecule has 1 aliphatic rings. The second kappa shape index (κ2) is 4.89. The molecule has 0 radical (unpaired) electrons. The van der Waals surface area contributed by atoms with Crippen molar-refractivity contribution >= 4 is 11.9 Å². The molecule has 0 bridgehead atoms. The zero-order valence-electron chi connectivity index (χ0n) is 11.3. The fourth-order valence-electron chi connectivity index (χ4n) is 2.23. The Morgan fingerprint density at radius 3 is 2.90 bits per heavy atom. The van der Waals surface area contributed by atoms with E-state index in [9.17, 15) is 4.79 Å². The second-order valence-electron chi connectivity index (χ2n) is 4.50. The largest absolute Gasteiger partial charge is 0.494 e. The Labute approximate surface area is 116 Å². The van der Waals surface area contributed by atoms with Crippen LogP contribution < -0.4 is 9.47 Å². The Bertz CT molecular complexity index is 681. The molecule has 0 saturated heterocycles. The zero-order valence-corrected chi connectivity index (χ0v) is 11.3. The number of furan rings is 1. The van der Waals surface area contributed by atoms with Gasteiger partial charge in [0.1, 0.15) is 17.3 Å². The van der Waals surface area contributed by atoms with E-state index in [-0.39, 0.29) is 11.5 Å². The number of Topliss-reactive ketones (excluding diaryl/α,β-unsaturated/α-hetero) is 1. The third-order valence-electron chi connectivity index (χ3n) is 3.07. The number of benzene rings is 1. The molecule has 3 rings (SSSR count). The van der Waals surface area contributed by atoms with Crippen LogP contribution in [0.25, 0.3) is 6.08 Å². The summed E-state index contributed by atoms with van der Waals surface area (Å²) in [5, 5.41) is 0. The van der Waals surface area contributed by atoms with Crippen LogP contribution >= 0.6 is 0 Å². The minimum atomic E-state index is -0.128. The molecule has 4 nitrogen and oxygen atoms in total. The van der Waals surface area contributed by atoms with Crippen molar-refractivity contribution in [3.05, 3.63) is 53.2 Å². The van der Waals surface area contributed by atoms with Crippen LogP contribution in [0.15, 0.2) is 40.7 Å². The third kappa shape index (κ3) is 2.09. The average Bonchev–Trinajstić information content (AvgIpc) is 3.00. The number of ketones is 1. The number of carbonyl (C=O) groups excluding carboxylic acids is 1. The number of aryl methyl sites for hydroxylation is 1. The SMILES string of the molecule is CCOc1cc(C)c2c(c1)O/C(=C\c1ccco1)C2=O. The lowest BCUT2D eigenvalue weighted by Crippen LogP contribution is -1.99. The molecule has 0 unspecified atom stereocenters. The number of carbonyl (C=O) groups is 1. The summed E-state index contributed by atoms with van der Waals surface area (Å²) in [6, 6.07) is 7.12. The van der Waals surface area contributed by atoms with Crippen LogP contribution in [0.2, 0.25) is 0 Å². The van der Waals surface area contributed by atoms with Crippen LogP contribution in [0.3, 0.4) is 0 Å². The first-order valence-corrected chi connectivity index (χ1v) is 6.44. The Balaban J connectivity index is 2.00. The van der Waals surface area contributed by atoms with Crippen LogP contribution in [-0.4, -0.2) is 12.4 Å². The highest BCUT2D eigenvalue weighted by molar-refractivity contribution is 6.15. The van der Waals surface area contributed by atoms with E-state index in [0.29, 0.717) is 29.4 Å². The molecule has 0 amide bonds. The van der Waals surface area contributed by atoms with Crippen molar-refractivity contribution in [2.45, 2.75) is 13.8 Å². The van der Waals surface area contributed by atoms with Gasteiger partial charge in [-0.1, -0.05) is 0 Å². The van der Waals surface area contributed by atoms with Crippen LogP contribution in [0.4, 0.5) is 0 Å². The van der Waals surface area contributed by atoms with E-state index in [1.807, 2.05) is 19.9 Å². The van der Waals surface area contributed by atoms with Crippen LogP contribution in [0.5, 0.6) is 11.5 Å². The molecule has 0 fully saturated rings. The number of hydrogen-bond donors (Lipinski definition) is 0. The van der Waals surface area contributed by atoms with E-state index in [1.165, 1.54) is 0 Å². The maximum Gasteiger partial charge on any atom is 0.232 e. The molecule has 102 valence electrons. The van der Waals surface area contributed by atoms with Gasteiger partial charge in [0.25, 0.3) is 0 Å². The van der Waals surface area contributed by atoms with Crippen molar-refractivity contribution in [2.24, 2.45) is 0 Å². The predicted molar refractivity (Wildman–Crippen MR) is 74.0 cm³/mol. The summed E-state index contributed by atoms with van der Waals surface area (Å²) in [5.41, 5.74) is 1.44. The Kier molecular flexibility index (Phi) is 3.06. The first-order chi connectivity index (χ1) is 9.69. The molecule has 0 spiro atoms. The zero-order chi connectivity index (χ0) is 14.1. The normalized spacial score (nSPS) is 15.3. The van der Waals surface area contributed by atoms with Gasteiger partial charge in [0, 0.05) is 12.1 Å². The number of ether oxygens (including phenoxy) is 2. The maximum atomic E-state index is 12.3. The highest BCUT2D eigenvalue weighted by atomic mass is 16.5. The summed E-state index contributed by atoms with van der Waals surface area (Å²) in [4.78, 5) is 12.3. The van der Waals surface area contributed by atoms with Gasteiger partial charge in [-0.2, -0.15) is 0 Å². The number of allylic oxidation sites excluding steroid dienone is 1. The average molecular weight is 270 g/mol. The molecule has 2 heterocycles. The molecule has 0 N–H and O–H groups in total. The molecule has 0 atom stereocenters. The monoisotopic (exact) mass is 270 g/mol. The summed E-state index contributed by atoms with van der Waals surface area (Å²) < 4.78 is 16.3. The second-order valence-corrected chi connectivity index (χ2v) is 4.50. The van der Waals surface area contributed by atoms with Crippen LogP contribution in [0, 0.1) is 6.92 Å². The minimum Gasteiger partial charge on any atom is -0.494 e. The first-order valence-electron chi connectivity index (χ1n) is 6.44. The molecule has 0 aliphatic carbocycles. The summed E-state index contributed by atoms with van der Waals surface area (Å²) in [6.45, 7) is 4.36. The van der Waals surface area contributed by atoms with E-state index in [0.717, 1.165) is 5.56 Å². The van der Waals surface area contributed by atoms with Crippen molar-refractivity contribution in [3.8, 4) is 11.5 Å². The van der Waals surface area contributed by atoms with Gasteiger partial charge >= 0.3 is 0 Å². The van der Waals surface area contributed by atoms with E-state index in [1.54, 1.807) is 30.5 Å². The molecule has 1 aromatic carbocycles. The smallest absolute Gasteiger partial charge is 0.232 e. The summed E-state index contributed by atoms with van der Waals surface area (Å²) >= 11 is 0. The lowest BCUT2D eigenvalue weighted by molar-refractivity contribution is 0.101. The Morgan fingerprint density at radius 1 is 1.35 bits per heavy atom. The van der Waals surface area contributed by atoms with E-state index in [2.05, 4.69) is 0 Å². The first kappa shape index (κ1) is 12.5. The van der Waals surface area contributed by atoms with Gasteiger partial charge in [-0.25, -0.2) is 0 Å². The summed E-state index contributed by atoms with van der Waals surface area (Å²) in [6.07, 6.45) is 3.15. The lowest BCUT2D eigenvalue weighted by atomic mass is 10.0. The van der Waals surface area contributed by atoms with Crippen molar-refractivity contribution in [2.75, 3.05) is 6.61 Å². The summed E-state index contributed by atoms with van der Waals surface area (Å²) in [7, 11) is 0. The Hall–Kier alpha value is -2.49. The number of rotatable bonds is 3. The molecule has 1 aromatic heterocycles. The Morgan fingerprint density at radius 2 is 2.20 bits per heavy atom. The number of hydrogen-bond acceptors (Lipinski definition) is 4. The van der Waals surface area contributed by atoms with E-state index >= 15 is 0 Å². The number of fused-ring (bicyclic) bond motifs is 1. The van der Waals surface area contributed by atoms with Crippen LogP contribution in [-0.2, 0) is 0 Å². The van der Waals surface area contributed by atoms with Gasteiger partial charge in [-0.3, -0.25) is 4.79 Å². The van der Waals surface area contributed by atoms with Gasteiger partial charge < -0.3 is 13.9 Å². The highest BCUT2D eigenvalue weighted by Gasteiger charge is 2.30. The molecule has 0 saturated carbocycles. The highest BCUT2D eigenvalue weighted by Crippen LogP contribution is 2.37. The van der Waals surface area contributed by atoms with Crippen molar-refractivity contribution in [3.63, 3.8) is 0 Å². The molecule has 20 heavy (non-hydrogen) atoms. The molecule has 2 aromatic rings. The van der Waals surface area contributed by atoms with E-state index < -0.39 is 0 Å². The molecular formula is C16H14O4. The van der Waals surface area contributed by atoms with Gasteiger partial charge in [-0.15, -0.1) is 0 Å². The van der Waals surface area contributed by atoms with Gasteiger partial charge in [-0.05, 0) is 37.6 Å². The third-order valence-corrected chi connectivity index (χ3v) is 3.07. The van der Waals surface area contributed by atoms with Crippen molar-refractivity contribution < 1.29 is 18.7 Å².